The molecule has 2 aromatic carbocycles. The minimum atomic E-state index is -0.0344. The minimum absolute atomic E-state index is 0.0344. The van der Waals surface area contributed by atoms with Crippen LogP contribution in [-0.4, -0.2) is 12.5 Å². The highest BCUT2D eigenvalue weighted by molar-refractivity contribution is 14.1. The Morgan fingerprint density at radius 3 is 2.62 bits per heavy atom. The number of carbonyl (C=O) groups excluding carboxylic acids is 1. The Kier molecular flexibility index (Phi) is 5.61. The molecule has 0 saturated carbocycles. The maximum Gasteiger partial charge on any atom is 0.227 e. The van der Waals surface area contributed by atoms with Crippen LogP contribution in [0.1, 0.15) is 17.5 Å². The fourth-order valence-corrected chi connectivity index (χ4v) is 2.60. The van der Waals surface area contributed by atoms with Gasteiger partial charge in [0.1, 0.15) is 5.75 Å². The van der Waals surface area contributed by atoms with Crippen molar-refractivity contribution in [1.29, 1.82) is 0 Å². The second-order valence-corrected chi connectivity index (χ2v) is 6.12. The number of aryl methyl sites for hydroxylation is 2. The van der Waals surface area contributed by atoms with Crippen molar-refractivity contribution in [2.24, 2.45) is 0 Å². The van der Waals surface area contributed by atoms with Crippen molar-refractivity contribution >= 4 is 34.2 Å². The Labute approximate surface area is 138 Å². The van der Waals surface area contributed by atoms with Crippen LogP contribution in [0, 0.1) is 17.4 Å². The molecule has 0 radical (unpaired) electrons. The van der Waals surface area contributed by atoms with Crippen LogP contribution in [0.4, 0.5) is 5.69 Å². The third-order valence-electron chi connectivity index (χ3n) is 3.14. The van der Waals surface area contributed by atoms with Gasteiger partial charge >= 0.3 is 0 Å². The standard InChI is InChI=1S/C17H18INO2/c1-12-5-3-4-6-16(12)21-10-9-17(20)19-15-8-7-14(18)11-13(15)2/h3-8,11H,9-10H2,1-2H3,(H,19,20). The zero-order chi connectivity index (χ0) is 15.2. The molecule has 0 fully saturated rings. The summed E-state index contributed by atoms with van der Waals surface area (Å²) in [5.41, 5.74) is 3.00. The minimum Gasteiger partial charge on any atom is -0.493 e. The Hall–Kier alpha value is -1.56. The Morgan fingerprint density at radius 1 is 1.14 bits per heavy atom. The molecular formula is C17H18INO2. The van der Waals surface area contributed by atoms with Gasteiger partial charge in [0.05, 0.1) is 13.0 Å². The predicted octanol–water partition coefficient (Wildman–Crippen LogP) is 4.32. The normalized spacial score (nSPS) is 10.2. The highest BCUT2D eigenvalue weighted by Crippen LogP contribution is 2.18. The largest absolute Gasteiger partial charge is 0.493 e. The highest BCUT2D eigenvalue weighted by atomic mass is 127. The van der Waals surface area contributed by atoms with Gasteiger partial charge in [-0.1, -0.05) is 18.2 Å². The summed E-state index contributed by atoms with van der Waals surface area (Å²) in [5.74, 6) is 0.795. The molecule has 0 aliphatic carbocycles. The van der Waals surface area contributed by atoms with Gasteiger partial charge in [-0.05, 0) is 71.8 Å². The van der Waals surface area contributed by atoms with Crippen LogP contribution in [-0.2, 0) is 4.79 Å². The van der Waals surface area contributed by atoms with Crippen LogP contribution in [0.2, 0.25) is 0 Å². The molecule has 0 saturated heterocycles. The van der Waals surface area contributed by atoms with E-state index in [1.165, 1.54) is 0 Å². The van der Waals surface area contributed by atoms with Gasteiger partial charge in [-0.2, -0.15) is 0 Å². The lowest BCUT2D eigenvalue weighted by atomic mass is 10.2. The van der Waals surface area contributed by atoms with Crippen molar-refractivity contribution in [1.82, 2.24) is 0 Å². The number of carbonyl (C=O) groups is 1. The second-order valence-electron chi connectivity index (χ2n) is 4.87. The number of amides is 1. The molecule has 0 atom stereocenters. The molecule has 3 nitrogen and oxygen atoms in total. The first kappa shape index (κ1) is 15.8. The van der Waals surface area contributed by atoms with E-state index in [-0.39, 0.29) is 5.91 Å². The van der Waals surface area contributed by atoms with E-state index in [2.05, 4.69) is 27.9 Å². The molecule has 110 valence electrons. The van der Waals surface area contributed by atoms with Crippen molar-refractivity contribution in [3.63, 3.8) is 0 Å². The molecular weight excluding hydrogens is 377 g/mol. The van der Waals surface area contributed by atoms with Gasteiger partial charge in [-0.15, -0.1) is 0 Å². The zero-order valence-corrected chi connectivity index (χ0v) is 14.3. The molecule has 2 rings (SSSR count). The molecule has 1 N–H and O–H groups in total. The molecule has 4 heteroatoms. The van der Waals surface area contributed by atoms with E-state index in [0.717, 1.165) is 26.1 Å². The van der Waals surface area contributed by atoms with Crippen LogP contribution < -0.4 is 10.1 Å². The first-order chi connectivity index (χ1) is 10.1. The first-order valence-electron chi connectivity index (χ1n) is 6.80. The third-order valence-corrected chi connectivity index (χ3v) is 3.81. The van der Waals surface area contributed by atoms with E-state index >= 15 is 0 Å². The van der Waals surface area contributed by atoms with E-state index in [1.807, 2.05) is 56.3 Å². The fourth-order valence-electron chi connectivity index (χ4n) is 1.95. The number of ether oxygens (including phenoxy) is 1. The van der Waals surface area contributed by atoms with Crippen LogP contribution >= 0.6 is 22.6 Å². The lowest BCUT2D eigenvalue weighted by molar-refractivity contribution is -0.116. The average Bonchev–Trinajstić information content (AvgIpc) is 2.44. The van der Waals surface area contributed by atoms with E-state index < -0.39 is 0 Å². The molecule has 0 heterocycles. The summed E-state index contributed by atoms with van der Waals surface area (Å²) < 4.78 is 6.79. The summed E-state index contributed by atoms with van der Waals surface area (Å²) in [7, 11) is 0. The number of para-hydroxylation sites is 1. The molecule has 0 unspecified atom stereocenters. The number of anilines is 1. The summed E-state index contributed by atoms with van der Waals surface area (Å²) in [4.78, 5) is 11.9. The van der Waals surface area contributed by atoms with Crippen molar-refractivity contribution in [2.45, 2.75) is 20.3 Å². The van der Waals surface area contributed by atoms with Gasteiger partial charge in [0.15, 0.2) is 0 Å². The highest BCUT2D eigenvalue weighted by Gasteiger charge is 2.06. The van der Waals surface area contributed by atoms with E-state index in [0.29, 0.717) is 13.0 Å². The molecule has 0 aliphatic rings. The van der Waals surface area contributed by atoms with Gasteiger partial charge in [0, 0.05) is 9.26 Å². The van der Waals surface area contributed by atoms with Crippen molar-refractivity contribution < 1.29 is 9.53 Å². The maximum atomic E-state index is 11.9. The van der Waals surface area contributed by atoms with Crippen molar-refractivity contribution in [3.8, 4) is 5.75 Å². The van der Waals surface area contributed by atoms with Gasteiger partial charge in [-0.3, -0.25) is 4.79 Å². The van der Waals surface area contributed by atoms with E-state index in [9.17, 15) is 4.79 Å². The SMILES string of the molecule is Cc1cc(I)ccc1NC(=O)CCOc1ccccc1C. The van der Waals surface area contributed by atoms with Crippen LogP contribution in [0.5, 0.6) is 5.75 Å². The molecule has 0 aromatic heterocycles. The number of rotatable bonds is 5. The monoisotopic (exact) mass is 395 g/mol. The molecule has 2 aromatic rings. The number of benzene rings is 2. The summed E-state index contributed by atoms with van der Waals surface area (Å²) in [6, 6.07) is 13.7. The summed E-state index contributed by atoms with van der Waals surface area (Å²) in [5, 5.41) is 2.92. The number of halogens is 1. The number of hydrogen-bond donors (Lipinski definition) is 1. The van der Waals surface area contributed by atoms with Crippen molar-refractivity contribution in [2.75, 3.05) is 11.9 Å². The first-order valence-corrected chi connectivity index (χ1v) is 7.88. The fraction of sp³-hybridized carbons (Fsp3) is 0.235. The zero-order valence-electron chi connectivity index (χ0n) is 12.2. The summed E-state index contributed by atoms with van der Waals surface area (Å²) in [6.07, 6.45) is 0.333. The maximum absolute atomic E-state index is 11.9. The second kappa shape index (κ2) is 7.45. The summed E-state index contributed by atoms with van der Waals surface area (Å²) in [6.45, 7) is 4.35. The van der Waals surface area contributed by atoms with E-state index in [4.69, 9.17) is 4.74 Å². The topological polar surface area (TPSA) is 38.3 Å². The molecule has 0 spiro atoms. The molecule has 1 amide bonds. The quantitative estimate of drug-likeness (QED) is 0.767. The number of nitrogens with one attached hydrogen (secondary N) is 1. The lowest BCUT2D eigenvalue weighted by Crippen LogP contribution is -2.16. The average molecular weight is 395 g/mol. The number of hydrogen-bond acceptors (Lipinski definition) is 2. The Morgan fingerprint density at radius 2 is 1.90 bits per heavy atom. The van der Waals surface area contributed by atoms with Gasteiger partial charge < -0.3 is 10.1 Å². The van der Waals surface area contributed by atoms with Crippen LogP contribution in [0.15, 0.2) is 42.5 Å². The van der Waals surface area contributed by atoms with Gasteiger partial charge in [0.2, 0.25) is 5.91 Å². The van der Waals surface area contributed by atoms with E-state index in [1.54, 1.807) is 0 Å². The third kappa shape index (κ3) is 4.74. The predicted molar refractivity (Wildman–Crippen MR) is 93.8 cm³/mol. The van der Waals surface area contributed by atoms with Gasteiger partial charge in [0.25, 0.3) is 0 Å². The smallest absolute Gasteiger partial charge is 0.227 e. The van der Waals surface area contributed by atoms with Crippen molar-refractivity contribution in [3.05, 3.63) is 57.2 Å². The molecule has 0 aliphatic heterocycles. The Balaban J connectivity index is 1.84. The molecule has 0 bridgehead atoms. The lowest BCUT2D eigenvalue weighted by Gasteiger charge is -2.10. The van der Waals surface area contributed by atoms with Gasteiger partial charge in [-0.25, -0.2) is 0 Å². The molecule has 21 heavy (non-hydrogen) atoms. The van der Waals surface area contributed by atoms with Crippen LogP contribution in [0.25, 0.3) is 0 Å². The Bertz CT molecular complexity index is 640. The van der Waals surface area contributed by atoms with Crippen LogP contribution in [0.3, 0.4) is 0 Å². The summed E-state index contributed by atoms with van der Waals surface area (Å²) >= 11 is 2.26.